The Morgan fingerprint density at radius 3 is 2.64 bits per heavy atom. The van der Waals surface area contributed by atoms with Crippen LogP contribution in [-0.4, -0.2) is 76.9 Å². The van der Waals surface area contributed by atoms with Crippen LogP contribution in [0.5, 0.6) is 0 Å². The third-order valence-electron chi connectivity index (χ3n) is 4.74. The highest BCUT2D eigenvalue weighted by atomic mass is 16.5. The number of urea groups is 1. The molecule has 1 atom stereocenters. The fourth-order valence-corrected chi connectivity index (χ4v) is 3.11. The van der Waals surface area contributed by atoms with E-state index in [0.717, 1.165) is 50.5 Å². The number of hydrogen-bond acceptors (Lipinski definition) is 4. The van der Waals surface area contributed by atoms with E-state index in [-0.39, 0.29) is 6.03 Å². The molecule has 25 heavy (non-hydrogen) atoms. The molecule has 0 aliphatic carbocycles. The van der Waals surface area contributed by atoms with E-state index >= 15 is 0 Å². The Morgan fingerprint density at radius 2 is 2.00 bits per heavy atom. The first-order chi connectivity index (χ1) is 12.0. The summed E-state index contributed by atoms with van der Waals surface area (Å²) in [4.78, 5) is 18.5. The third-order valence-corrected chi connectivity index (χ3v) is 4.74. The highest BCUT2D eigenvalue weighted by Crippen LogP contribution is 2.15. The minimum Gasteiger partial charge on any atom is -0.383 e. The summed E-state index contributed by atoms with van der Waals surface area (Å²) in [7, 11) is 7.62. The van der Waals surface area contributed by atoms with Gasteiger partial charge in [0.25, 0.3) is 0 Å². The quantitative estimate of drug-likeness (QED) is 0.779. The zero-order valence-electron chi connectivity index (χ0n) is 16.0. The van der Waals surface area contributed by atoms with Crippen LogP contribution < -0.4 is 10.2 Å². The monoisotopic (exact) mass is 348 g/mol. The molecule has 0 aromatic heterocycles. The summed E-state index contributed by atoms with van der Waals surface area (Å²) in [6.45, 7) is 5.24. The van der Waals surface area contributed by atoms with Crippen LogP contribution in [0.1, 0.15) is 12.0 Å². The molecule has 1 heterocycles. The van der Waals surface area contributed by atoms with Crippen LogP contribution in [-0.2, 0) is 11.3 Å². The lowest BCUT2D eigenvalue weighted by Crippen LogP contribution is -2.39. The average Bonchev–Trinajstić information content (AvgIpc) is 3.06. The average molecular weight is 348 g/mol. The number of anilines is 1. The minimum atomic E-state index is -0.00738. The van der Waals surface area contributed by atoms with Crippen molar-refractivity contribution in [2.45, 2.75) is 13.0 Å². The molecule has 6 heteroatoms. The summed E-state index contributed by atoms with van der Waals surface area (Å²) in [5, 5.41) is 3.07. The van der Waals surface area contributed by atoms with Crippen molar-refractivity contribution in [1.29, 1.82) is 0 Å². The van der Waals surface area contributed by atoms with Gasteiger partial charge in [0.2, 0.25) is 0 Å². The molecule has 1 aromatic rings. The Kier molecular flexibility index (Phi) is 7.52. The van der Waals surface area contributed by atoms with Crippen molar-refractivity contribution in [3.63, 3.8) is 0 Å². The van der Waals surface area contributed by atoms with Crippen molar-refractivity contribution in [2.24, 2.45) is 5.92 Å². The van der Waals surface area contributed by atoms with E-state index < -0.39 is 0 Å². The van der Waals surface area contributed by atoms with E-state index in [1.54, 1.807) is 12.0 Å². The number of likely N-dealkylation sites (tertiary alicyclic amines) is 1. The van der Waals surface area contributed by atoms with Gasteiger partial charge in [-0.15, -0.1) is 0 Å². The molecule has 1 aliphatic rings. The molecule has 0 saturated carbocycles. The van der Waals surface area contributed by atoms with Gasteiger partial charge in [0.15, 0.2) is 0 Å². The van der Waals surface area contributed by atoms with Gasteiger partial charge in [-0.25, -0.2) is 4.79 Å². The molecule has 0 radical (unpaired) electrons. The van der Waals surface area contributed by atoms with Crippen molar-refractivity contribution in [3.8, 4) is 0 Å². The van der Waals surface area contributed by atoms with E-state index in [2.05, 4.69) is 39.4 Å². The van der Waals surface area contributed by atoms with Crippen LogP contribution in [0.15, 0.2) is 24.3 Å². The number of hydrogen-bond donors (Lipinski definition) is 1. The molecule has 1 aromatic carbocycles. The van der Waals surface area contributed by atoms with E-state index in [4.69, 9.17) is 4.74 Å². The lowest BCUT2D eigenvalue weighted by atomic mass is 10.1. The van der Waals surface area contributed by atoms with Crippen LogP contribution in [0.2, 0.25) is 0 Å². The maximum absolute atomic E-state index is 12.3. The normalized spacial score (nSPS) is 17.5. The molecule has 1 aliphatic heterocycles. The summed E-state index contributed by atoms with van der Waals surface area (Å²) in [5.74, 6) is 0.536. The smallest absolute Gasteiger partial charge is 0.317 e. The van der Waals surface area contributed by atoms with Crippen molar-refractivity contribution in [2.75, 3.05) is 65.9 Å². The first-order valence-corrected chi connectivity index (χ1v) is 8.96. The molecule has 1 unspecified atom stereocenters. The highest BCUT2D eigenvalue weighted by Gasteiger charge is 2.22. The van der Waals surface area contributed by atoms with E-state index in [1.165, 1.54) is 0 Å². The third kappa shape index (κ3) is 6.21. The first-order valence-electron chi connectivity index (χ1n) is 8.96. The molecular weight excluding hydrogens is 316 g/mol. The highest BCUT2D eigenvalue weighted by molar-refractivity contribution is 5.73. The van der Waals surface area contributed by atoms with Gasteiger partial charge in [0.1, 0.15) is 0 Å². The number of nitrogens with one attached hydrogen (secondary N) is 1. The van der Waals surface area contributed by atoms with E-state index in [9.17, 15) is 4.79 Å². The maximum atomic E-state index is 12.3. The maximum Gasteiger partial charge on any atom is 0.317 e. The van der Waals surface area contributed by atoms with E-state index in [0.29, 0.717) is 12.5 Å². The first kappa shape index (κ1) is 19.5. The fourth-order valence-electron chi connectivity index (χ4n) is 3.11. The van der Waals surface area contributed by atoms with Gasteiger partial charge < -0.3 is 24.8 Å². The van der Waals surface area contributed by atoms with Gasteiger partial charge in [-0.2, -0.15) is 0 Å². The second-order valence-corrected chi connectivity index (χ2v) is 7.05. The summed E-state index contributed by atoms with van der Waals surface area (Å²) in [6, 6.07) is 8.29. The van der Waals surface area contributed by atoms with Crippen molar-refractivity contribution in [3.05, 3.63) is 29.8 Å². The zero-order chi connectivity index (χ0) is 18.2. The standard InChI is InChI=1S/C19H32N4O2/c1-21(2)18-7-5-16(6-8-18)14-22(3)19(24)20-13-17-9-10-23(15-17)11-12-25-4/h5-8,17H,9-15H2,1-4H3,(H,20,24). The lowest BCUT2D eigenvalue weighted by molar-refractivity contribution is 0.158. The SMILES string of the molecule is COCCN1CCC(CNC(=O)N(C)Cc2ccc(N(C)C)cc2)C1. The number of nitrogens with zero attached hydrogens (tertiary/aromatic N) is 3. The summed E-state index contributed by atoms with van der Waals surface area (Å²) in [6.07, 6.45) is 1.14. The number of ether oxygens (including phenoxy) is 1. The number of amides is 2. The second-order valence-electron chi connectivity index (χ2n) is 7.05. The van der Waals surface area contributed by atoms with Crippen LogP contribution in [0.3, 0.4) is 0 Å². The molecule has 0 spiro atoms. The Balaban J connectivity index is 1.71. The summed E-state index contributed by atoms with van der Waals surface area (Å²) in [5.41, 5.74) is 2.30. The van der Waals surface area contributed by atoms with Crippen LogP contribution in [0.4, 0.5) is 10.5 Å². The molecule has 2 rings (SSSR count). The predicted molar refractivity (Wildman–Crippen MR) is 102 cm³/mol. The number of methoxy groups -OCH3 is 1. The Bertz CT molecular complexity index is 533. The predicted octanol–water partition coefficient (Wildman–Crippen LogP) is 1.86. The lowest BCUT2D eigenvalue weighted by Gasteiger charge is -2.20. The molecular formula is C19H32N4O2. The summed E-state index contributed by atoms with van der Waals surface area (Å²) < 4.78 is 5.12. The van der Waals surface area contributed by atoms with Crippen LogP contribution in [0, 0.1) is 5.92 Å². The molecule has 1 saturated heterocycles. The molecule has 6 nitrogen and oxygen atoms in total. The van der Waals surface area contributed by atoms with Gasteiger partial charge >= 0.3 is 6.03 Å². The van der Waals surface area contributed by atoms with Crippen LogP contribution >= 0.6 is 0 Å². The molecule has 2 amide bonds. The number of benzene rings is 1. The van der Waals surface area contributed by atoms with Crippen molar-refractivity contribution < 1.29 is 9.53 Å². The minimum absolute atomic E-state index is 0.00738. The van der Waals surface area contributed by atoms with E-state index in [1.807, 2.05) is 21.1 Å². The van der Waals surface area contributed by atoms with Gasteiger partial charge in [-0.05, 0) is 36.6 Å². The van der Waals surface area contributed by atoms with Gasteiger partial charge in [-0.3, -0.25) is 0 Å². The van der Waals surface area contributed by atoms with Gasteiger partial charge in [-0.1, -0.05) is 12.1 Å². The largest absolute Gasteiger partial charge is 0.383 e. The molecule has 140 valence electrons. The Hall–Kier alpha value is -1.79. The van der Waals surface area contributed by atoms with Gasteiger partial charge in [0.05, 0.1) is 6.61 Å². The fraction of sp³-hybridized carbons (Fsp3) is 0.632. The summed E-state index contributed by atoms with van der Waals surface area (Å²) >= 11 is 0. The molecule has 1 fully saturated rings. The molecule has 1 N–H and O–H groups in total. The van der Waals surface area contributed by atoms with Crippen molar-refractivity contribution >= 4 is 11.7 Å². The number of carbonyl (C=O) groups excluding carboxylic acids is 1. The topological polar surface area (TPSA) is 48.1 Å². The molecule has 0 bridgehead atoms. The number of carbonyl (C=O) groups is 1. The Morgan fingerprint density at radius 1 is 1.28 bits per heavy atom. The second kappa shape index (κ2) is 9.63. The Labute approximate surface area is 151 Å². The van der Waals surface area contributed by atoms with Crippen molar-refractivity contribution in [1.82, 2.24) is 15.1 Å². The number of rotatable bonds is 8. The van der Waals surface area contributed by atoms with Gasteiger partial charge in [0, 0.05) is 60.1 Å². The van der Waals surface area contributed by atoms with Crippen LogP contribution in [0.25, 0.3) is 0 Å². The zero-order valence-corrected chi connectivity index (χ0v) is 16.0.